The number of nitrogens with zero attached hydrogens (tertiary/aromatic N) is 2. The predicted octanol–water partition coefficient (Wildman–Crippen LogP) is 0.579. The zero-order chi connectivity index (χ0) is 12.5. The van der Waals surface area contributed by atoms with Gasteiger partial charge in [-0.2, -0.15) is 0 Å². The lowest BCUT2D eigenvalue weighted by atomic mass is 10.2. The number of aliphatic hydroxyl groups excluding tert-OH is 1. The first-order valence-electron chi connectivity index (χ1n) is 6.51. The molecule has 1 saturated heterocycles. The average Bonchev–Trinajstić information content (AvgIpc) is 2.36. The Bertz CT molecular complexity index is 223. The molecule has 17 heavy (non-hydrogen) atoms. The number of hydrogen-bond acceptors (Lipinski definition) is 4. The maximum atomic E-state index is 8.59. The van der Waals surface area contributed by atoms with Gasteiger partial charge < -0.3 is 9.84 Å². The van der Waals surface area contributed by atoms with Gasteiger partial charge in [-0.3, -0.25) is 9.80 Å². The van der Waals surface area contributed by atoms with Gasteiger partial charge in [-0.1, -0.05) is 11.6 Å². The van der Waals surface area contributed by atoms with Gasteiger partial charge in [-0.05, 0) is 13.8 Å². The molecule has 0 amide bonds. The van der Waals surface area contributed by atoms with Crippen LogP contribution in [0.2, 0.25) is 0 Å². The highest BCUT2D eigenvalue weighted by atomic mass is 16.5. The van der Waals surface area contributed by atoms with E-state index in [2.05, 4.69) is 29.7 Å². The Kier molecular flexibility index (Phi) is 7.44. The fourth-order valence-electron chi connectivity index (χ4n) is 1.98. The molecule has 0 aromatic carbocycles. The van der Waals surface area contributed by atoms with Crippen LogP contribution in [0, 0.1) is 0 Å². The van der Waals surface area contributed by atoms with Gasteiger partial charge in [0.15, 0.2) is 0 Å². The zero-order valence-corrected chi connectivity index (χ0v) is 11.2. The number of piperazine rings is 1. The van der Waals surface area contributed by atoms with Gasteiger partial charge in [0.05, 0.1) is 19.8 Å². The molecule has 0 aliphatic carbocycles. The summed E-state index contributed by atoms with van der Waals surface area (Å²) in [5, 5.41) is 8.59. The lowest BCUT2D eigenvalue weighted by molar-refractivity contribution is 0.0590. The summed E-state index contributed by atoms with van der Waals surface area (Å²) in [5.74, 6) is 0. The van der Waals surface area contributed by atoms with E-state index in [0.29, 0.717) is 6.61 Å². The molecular weight excluding hydrogens is 216 g/mol. The van der Waals surface area contributed by atoms with Crippen molar-refractivity contribution < 1.29 is 9.84 Å². The van der Waals surface area contributed by atoms with Crippen LogP contribution in [-0.2, 0) is 4.74 Å². The first-order chi connectivity index (χ1) is 8.26. The first-order valence-corrected chi connectivity index (χ1v) is 6.51. The van der Waals surface area contributed by atoms with Crippen molar-refractivity contribution >= 4 is 0 Å². The van der Waals surface area contributed by atoms with E-state index in [0.717, 1.165) is 45.9 Å². The Balaban J connectivity index is 2.09. The molecule has 1 rings (SSSR count). The molecule has 4 nitrogen and oxygen atoms in total. The highest BCUT2D eigenvalue weighted by Crippen LogP contribution is 2.04. The molecule has 0 saturated carbocycles. The minimum absolute atomic E-state index is 0.121. The first kappa shape index (κ1) is 14.6. The van der Waals surface area contributed by atoms with E-state index in [1.165, 1.54) is 5.57 Å². The summed E-state index contributed by atoms with van der Waals surface area (Å²) in [6, 6.07) is 0. The van der Waals surface area contributed by atoms with E-state index in [9.17, 15) is 0 Å². The van der Waals surface area contributed by atoms with Gasteiger partial charge in [-0.15, -0.1) is 0 Å². The molecule has 1 heterocycles. The van der Waals surface area contributed by atoms with Crippen LogP contribution >= 0.6 is 0 Å². The molecule has 0 radical (unpaired) electrons. The van der Waals surface area contributed by atoms with Crippen LogP contribution in [0.15, 0.2) is 11.6 Å². The molecule has 0 unspecified atom stereocenters. The second-order valence-corrected chi connectivity index (χ2v) is 4.59. The second-order valence-electron chi connectivity index (χ2n) is 4.59. The van der Waals surface area contributed by atoms with Crippen molar-refractivity contribution in [2.75, 3.05) is 59.1 Å². The molecule has 0 spiro atoms. The van der Waals surface area contributed by atoms with Gasteiger partial charge in [0.25, 0.3) is 0 Å². The van der Waals surface area contributed by atoms with Crippen molar-refractivity contribution in [3.63, 3.8) is 0 Å². The molecular formula is C13H26N2O2. The quantitative estimate of drug-likeness (QED) is 0.523. The lowest BCUT2D eigenvalue weighted by Crippen LogP contribution is -2.47. The Labute approximate surface area is 105 Å². The fourth-order valence-corrected chi connectivity index (χ4v) is 1.98. The summed E-state index contributed by atoms with van der Waals surface area (Å²) in [7, 11) is 0. The number of ether oxygens (including phenoxy) is 1. The van der Waals surface area contributed by atoms with E-state index in [1.807, 2.05) is 0 Å². The zero-order valence-electron chi connectivity index (χ0n) is 11.2. The smallest absolute Gasteiger partial charge is 0.0698 e. The van der Waals surface area contributed by atoms with E-state index < -0.39 is 0 Å². The number of aliphatic hydroxyl groups is 1. The highest BCUT2D eigenvalue weighted by Gasteiger charge is 2.16. The average molecular weight is 242 g/mol. The van der Waals surface area contributed by atoms with E-state index in [1.54, 1.807) is 0 Å². The molecule has 1 aliphatic rings. The number of hydrogen-bond donors (Lipinski definition) is 1. The van der Waals surface area contributed by atoms with Crippen LogP contribution in [0.4, 0.5) is 0 Å². The molecule has 100 valence electrons. The molecule has 1 aliphatic heterocycles. The minimum Gasteiger partial charge on any atom is -0.394 e. The summed E-state index contributed by atoms with van der Waals surface area (Å²) < 4.78 is 5.28. The molecule has 1 N–H and O–H groups in total. The van der Waals surface area contributed by atoms with E-state index in [-0.39, 0.29) is 6.61 Å². The molecule has 0 aromatic heterocycles. The maximum Gasteiger partial charge on any atom is 0.0698 e. The topological polar surface area (TPSA) is 35.9 Å². The van der Waals surface area contributed by atoms with Gasteiger partial charge in [0.2, 0.25) is 0 Å². The minimum atomic E-state index is 0.121. The molecule has 0 bridgehead atoms. The molecule has 1 fully saturated rings. The number of rotatable bonds is 7. The summed E-state index contributed by atoms with van der Waals surface area (Å²) in [4.78, 5) is 4.93. The van der Waals surface area contributed by atoms with Gasteiger partial charge >= 0.3 is 0 Å². The highest BCUT2D eigenvalue weighted by molar-refractivity contribution is 4.99. The van der Waals surface area contributed by atoms with Crippen LogP contribution in [0.5, 0.6) is 0 Å². The summed E-state index contributed by atoms with van der Waals surface area (Å²) in [5.41, 5.74) is 1.45. The van der Waals surface area contributed by atoms with Crippen molar-refractivity contribution in [1.82, 2.24) is 9.80 Å². The van der Waals surface area contributed by atoms with Crippen LogP contribution in [0.3, 0.4) is 0 Å². The Morgan fingerprint density at radius 2 is 1.82 bits per heavy atom. The Hall–Kier alpha value is -0.420. The van der Waals surface area contributed by atoms with E-state index >= 15 is 0 Å². The largest absolute Gasteiger partial charge is 0.394 e. The van der Waals surface area contributed by atoms with Gasteiger partial charge in [0, 0.05) is 39.3 Å². The van der Waals surface area contributed by atoms with Gasteiger partial charge in [0.1, 0.15) is 0 Å². The molecule has 0 aromatic rings. The van der Waals surface area contributed by atoms with Crippen LogP contribution < -0.4 is 0 Å². The van der Waals surface area contributed by atoms with Crippen LogP contribution in [0.25, 0.3) is 0 Å². The standard InChI is InChI=1S/C13H26N2O2/c1-3-13(2)12-15-6-4-14(5-7-15)8-10-17-11-9-16/h3,16H,4-12H2,1-2H3. The van der Waals surface area contributed by atoms with Gasteiger partial charge in [-0.25, -0.2) is 0 Å². The number of allylic oxidation sites excluding steroid dienone is 1. The third-order valence-corrected chi connectivity index (χ3v) is 3.22. The Morgan fingerprint density at radius 3 is 2.41 bits per heavy atom. The second kappa shape index (κ2) is 8.64. The maximum absolute atomic E-state index is 8.59. The Morgan fingerprint density at radius 1 is 1.18 bits per heavy atom. The molecule has 4 heteroatoms. The molecule has 0 atom stereocenters. The predicted molar refractivity (Wildman–Crippen MR) is 70.2 cm³/mol. The normalized spacial score (nSPS) is 19.8. The van der Waals surface area contributed by atoms with Crippen molar-refractivity contribution in [2.24, 2.45) is 0 Å². The third-order valence-electron chi connectivity index (χ3n) is 3.22. The van der Waals surface area contributed by atoms with Crippen molar-refractivity contribution in [3.8, 4) is 0 Å². The monoisotopic (exact) mass is 242 g/mol. The van der Waals surface area contributed by atoms with Crippen molar-refractivity contribution in [1.29, 1.82) is 0 Å². The fraction of sp³-hybridized carbons (Fsp3) is 0.846. The summed E-state index contributed by atoms with van der Waals surface area (Å²) >= 11 is 0. The van der Waals surface area contributed by atoms with Crippen LogP contribution in [-0.4, -0.2) is 74.0 Å². The summed E-state index contributed by atoms with van der Waals surface area (Å²) in [6.07, 6.45) is 2.19. The lowest BCUT2D eigenvalue weighted by Gasteiger charge is -2.34. The van der Waals surface area contributed by atoms with Crippen molar-refractivity contribution in [2.45, 2.75) is 13.8 Å². The van der Waals surface area contributed by atoms with Crippen molar-refractivity contribution in [3.05, 3.63) is 11.6 Å². The van der Waals surface area contributed by atoms with E-state index in [4.69, 9.17) is 9.84 Å². The SMILES string of the molecule is CC=C(C)CN1CCN(CCOCCO)CC1. The summed E-state index contributed by atoms with van der Waals surface area (Å²) in [6.45, 7) is 12.2. The van der Waals surface area contributed by atoms with Crippen LogP contribution in [0.1, 0.15) is 13.8 Å². The third kappa shape index (κ3) is 6.17.